The van der Waals surface area contributed by atoms with Crippen LogP contribution in [0.15, 0.2) is 85.1 Å². The molecule has 32 heavy (non-hydrogen) atoms. The van der Waals surface area contributed by atoms with Gasteiger partial charge in [-0.3, -0.25) is 9.48 Å². The molecule has 4 aromatic carbocycles. The number of nitrogens with one attached hydrogen (secondary N) is 1. The number of anilines is 1. The van der Waals surface area contributed by atoms with Gasteiger partial charge in [0.15, 0.2) is 0 Å². The Bertz CT molecular complexity index is 1440. The molecule has 1 aromatic heterocycles. The average Bonchev–Trinajstić information content (AvgIpc) is 3.21. The lowest BCUT2D eigenvalue weighted by Crippen LogP contribution is -2.11. The van der Waals surface area contributed by atoms with Gasteiger partial charge in [-0.05, 0) is 70.9 Å². The van der Waals surface area contributed by atoms with Crippen LogP contribution < -0.4 is 10.1 Å². The molecule has 0 bridgehead atoms. The molecule has 5 nitrogen and oxygen atoms in total. The third-order valence-electron chi connectivity index (χ3n) is 5.38. The lowest BCUT2D eigenvalue weighted by molar-refractivity contribution is 0.102. The van der Waals surface area contributed by atoms with Gasteiger partial charge >= 0.3 is 0 Å². The maximum absolute atomic E-state index is 13.1. The molecule has 1 amide bonds. The number of halogens is 1. The zero-order valence-corrected chi connectivity index (χ0v) is 17.4. The number of nitrogens with zero attached hydrogens (tertiary/aromatic N) is 2. The molecule has 0 aliphatic heterocycles. The lowest BCUT2D eigenvalue weighted by atomic mass is 10.1. The highest BCUT2D eigenvalue weighted by atomic mass is 19.1. The fourth-order valence-corrected chi connectivity index (χ4v) is 3.71. The van der Waals surface area contributed by atoms with Crippen LogP contribution in [-0.4, -0.2) is 22.8 Å². The van der Waals surface area contributed by atoms with Crippen LogP contribution in [-0.2, 0) is 6.54 Å². The quantitative estimate of drug-likeness (QED) is 0.397. The minimum absolute atomic E-state index is 0.180. The number of rotatable bonds is 5. The van der Waals surface area contributed by atoms with Gasteiger partial charge in [0.05, 0.1) is 19.2 Å². The Labute approximate surface area is 184 Å². The van der Waals surface area contributed by atoms with E-state index >= 15 is 0 Å². The Kier molecular flexibility index (Phi) is 5.03. The standard InChI is InChI=1S/C26H20FN3O2/c1-32-24-10-6-18-12-20(5-4-19(18)14-24)26(31)28-23-9-11-25-21(13-23)16-30(29-25)15-17-2-7-22(27)8-3-17/h2-14,16H,15H2,1H3,(H,28,31). The molecular weight excluding hydrogens is 405 g/mol. The van der Waals surface area contributed by atoms with Gasteiger partial charge in [0.2, 0.25) is 0 Å². The van der Waals surface area contributed by atoms with Crippen molar-refractivity contribution in [2.75, 3.05) is 12.4 Å². The summed E-state index contributed by atoms with van der Waals surface area (Å²) in [6, 6.07) is 23.3. The van der Waals surface area contributed by atoms with Crippen LogP contribution >= 0.6 is 0 Å². The minimum Gasteiger partial charge on any atom is -0.497 e. The Morgan fingerprint density at radius 2 is 1.72 bits per heavy atom. The molecule has 0 unspecified atom stereocenters. The summed E-state index contributed by atoms with van der Waals surface area (Å²) in [5.41, 5.74) is 3.06. The average molecular weight is 425 g/mol. The molecule has 158 valence electrons. The molecular formula is C26H20FN3O2. The van der Waals surface area contributed by atoms with E-state index in [2.05, 4.69) is 10.4 Å². The molecule has 0 saturated heterocycles. The molecule has 0 spiro atoms. The van der Waals surface area contributed by atoms with Gasteiger partial charge in [-0.15, -0.1) is 0 Å². The zero-order chi connectivity index (χ0) is 22.1. The number of aromatic nitrogens is 2. The second-order valence-corrected chi connectivity index (χ2v) is 7.61. The van der Waals surface area contributed by atoms with Gasteiger partial charge in [0.25, 0.3) is 5.91 Å². The van der Waals surface area contributed by atoms with Gasteiger partial charge < -0.3 is 10.1 Å². The maximum Gasteiger partial charge on any atom is 0.255 e. The van der Waals surface area contributed by atoms with Crippen LogP contribution in [0.4, 0.5) is 10.1 Å². The molecule has 1 heterocycles. The van der Waals surface area contributed by atoms with E-state index in [1.165, 1.54) is 12.1 Å². The number of amides is 1. The molecule has 5 aromatic rings. The van der Waals surface area contributed by atoms with Crippen molar-refractivity contribution in [3.63, 3.8) is 0 Å². The number of hydrogen-bond acceptors (Lipinski definition) is 3. The van der Waals surface area contributed by atoms with Gasteiger partial charge in [0.1, 0.15) is 11.6 Å². The summed E-state index contributed by atoms with van der Waals surface area (Å²) in [4.78, 5) is 12.8. The molecule has 0 atom stereocenters. The Morgan fingerprint density at radius 3 is 2.53 bits per heavy atom. The van der Waals surface area contributed by atoms with Gasteiger partial charge in [-0.1, -0.05) is 24.3 Å². The van der Waals surface area contributed by atoms with E-state index in [4.69, 9.17) is 4.74 Å². The Hall–Kier alpha value is -4.19. The fourth-order valence-electron chi connectivity index (χ4n) is 3.71. The zero-order valence-electron chi connectivity index (χ0n) is 17.4. The van der Waals surface area contributed by atoms with Crippen molar-refractivity contribution < 1.29 is 13.9 Å². The molecule has 5 rings (SSSR count). The predicted molar refractivity (Wildman–Crippen MR) is 124 cm³/mol. The van der Waals surface area contributed by atoms with Crippen molar-refractivity contribution >= 4 is 33.3 Å². The molecule has 6 heteroatoms. The maximum atomic E-state index is 13.1. The van der Waals surface area contributed by atoms with Crippen molar-refractivity contribution in [2.24, 2.45) is 0 Å². The Morgan fingerprint density at radius 1 is 0.938 bits per heavy atom. The summed E-state index contributed by atoms with van der Waals surface area (Å²) >= 11 is 0. The second-order valence-electron chi connectivity index (χ2n) is 7.61. The van der Waals surface area contributed by atoms with E-state index in [9.17, 15) is 9.18 Å². The number of fused-ring (bicyclic) bond motifs is 2. The first kappa shape index (κ1) is 19.8. The van der Waals surface area contributed by atoms with Crippen molar-refractivity contribution in [2.45, 2.75) is 6.54 Å². The molecule has 0 radical (unpaired) electrons. The van der Waals surface area contributed by atoms with Crippen LogP contribution in [0, 0.1) is 5.82 Å². The van der Waals surface area contributed by atoms with E-state index in [0.717, 1.165) is 33.0 Å². The largest absolute Gasteiger partial charge is 0.497 e. The van der Waals surface area contributed by atoms with Crippen LogP contribution in [0.3, 0.4) is 0 Å². The van der Waals surface area contributed by atoms with Gasteiger partial charge in [-0.2, -0.15) is 5.10 Å². The number of benzene rings is 4. The van der Waals surface area contributed by atoms with Crippen LogP contribution in [0.25, 0.3) is 21.7 Å². The fraction of sp³-hybridized carbons (Fsp3) is 0.0769. The van der Waals surface area contributed by atoms with E-state index in [0.29, 0.717) is 17.8 Å². The lowest BCUT2D eigenvalue weighted by Gasteiger charge is -2.07. The summed E-state index contributed by atoms with van der Waals surface area (Å²) in [5, 5.41) is 10.4. The van der Waals surface area contributed by atoms with Gasteiger partial charge in [0, 0.05) is 22.8 Å². The monoisotopic (exact) mass is 425 g/mol. The third kappa shape index (κ3) is 4.03. The molecule has 1 N–H and O–H groups in total. The van der Waals surface area contributed by atoms with Crippen molar-refractivity contribution in [3.05, 3.63) is 102 Å². The topological polar surface area (TPSA) is 56.1 Å². The van der Waals surface area contributed by atoms with E-state index in [1.54, 1.807) is 30.0 Å². The van der Waals surface area contributed by atoms with Gasteiger partial charge in [-0.25, -0.2) is 4.39 Å². The van der Waals surface area contributed by atoms with Crippen molar-refractivity contribution in [1.29, 1.82) is 0 Å². The number of hydrogen-bond donors (Lipinski definition) is 1. The number of methoxy groups -OCH3 is 1. The summed E-state index contributed by atoms with van der Waals surface area (Å²) < 4.78 is 20.2. The van der Waals surface area contributed by atoms with E-state index in [-0.39, 0.29) is 11.7 Å². The normalized spacial score (nSPS) is 11.1. The van der Waals surface area contributed by atoms with Crippen LogP contribution in [0.1, 0.15) is 15.9 Å². The smallest absolute Gasteiger partial charge is 0.255 e. The molecule has 0 saturated carbocycles. The van der Waals surface area contributed by atoms with Crippen molar-refractivity contribution in [3.8, 4) is 5.75 Å². The highest BCUT2D eigenvalue weighted by Crippen LogP contribution is 2.23. The number of carbonyl (C=O) groups is 1. The first-order chi connectivity index (χ1) is 15.6. The summed E-state index contributed by atoms with van der Waals surface area (Å²) in [5.74, 6) is 0.342. The highest BCUT2D eigenvalue weighted by molar-refractivity contribution is 6.07. The second kappa shape index (κ2) is 8.15. The molecule has 0 fully saturated rings. The van der Waals surface area contributed by atoms with Crippen LogP contribution in [0.5, 0.6) is 5.75 Å². The van der Waals surface area contributed by atoms with Crippen molar-refractivity contribution in [1.82, 2.24) is 9.78 Å². The molecule has 0 aliphatic carbocycles. The SMILES string of the molecule is COc1ccc2cc(C(=O)Nc3ccc4nn(Cc5ccc(F)cc5)cc4c3)ccc2c1. The first-order valence-electron chi connectivity index (χ1n) is 10.2. The summed E-state index contributed by atoms with van der Waals surface area (Å²) in [6.45, 7) is 0.540. The first-order valence-corrected chi connectivity index (χ1v) is 10.2. The van der Waals surface area contributed by atoms with E-state index < -0.39 is 0 Å². The predicted octanol–water partition coefficient (Wildman–Crippen LogP) is 5.64. The third-order valence-corrected chi connectivity index (χ3v) is 5.38. The molecule has 0 aliphatic rings. The van der Waals surface area contributed by atoms with E-state index in [1.807, 2.05) is 54.7 Å². The van der Waals surface area contributed by atoms with Crippen LogP contribution in [0.2, 0.25) is 0 Å². The highest BCUT2D eigenvalue weighted by Gasteiger charge is 2.09. The minimum atomic E-state index is -0.258. The number of ether oxygens (including phenoxy) is 1. The summed E-state index contributed by atoms with van der Waals surface area (Å²) in [7, 11) is 1.63. The Balaban J connectivity index is 1.34. The number of carbonyl (C=O) groups excluding carboxylic acids is 1. The summed E-state index contributed by atoms with van der Waals surface area (Å²) in [6.07, 6.45) is 1.91.